The molecule has 3 aromatic carbocycles. The van der Waals surface area contributed by atoms with E-state index in [4.69, 9.17) is 4.74 Å². The van der Waals surface area contributed by atoms with Gasteiger partial charge in [0.2, 0.25) is 0 Å². The minimum Gasteiger partial charge on any atom is -0.484 e. The summed E-state index contributed by atoms with van der Waals surface area (Å²) < 4.78 is 5.67. The third kappa shape index (κ3) is 5.33. The first-order valence-electron chi connectivity index (χ1n) is 9.68. The van der Waals surface area contributed by atoms with Crippen molar-refractivity contribution in [1.82, 2.24) is 10.2 Å². The van der Waals surface area contributed by atoms with Crippen molar-refractivity contribution < 1.29 is 9.53 Å². The average molecular weight is 377 g/mol. The molecule has 0 aromatic heterocycles. The second kappa shape index (κ2) is 9.38. The van der Waals surface area contributed by atoms with Gasteiger partial charge in [-0.2, -0.15) is 0 Å². The van der Waals surface area contributed by atoms with Crippen molar-refractivity contribution in [1.29, 1.82) is 0 Å². The van der Waals surface area contributed by atoms with Crippen molar-refractivity contribution >= 4 is 16.7 Å². The molecule has 4 nitrogen and oxygen atoms in total. The summed E-state index contributed by atoms with van der Waals surface area (Å²) >= 11 is 0. The maximum Gasteiger partial charge on any atom is 0.258 e. The number of rotatable bonds is 8. The SMILES string of the molecule is CC(C)N(C)Cc1ccccc1CNC(=O)COc1ccc2ccccc2c1. The molecule has 3 aromatic rings. The maximum atomic E-state index is 12.2. The molecule has 0 fully saturated rings. The lowest BCUT2D eigenvalue weighted by Crippen LogP contribution is -2.30. The highest BCUT2D eigenvalue weighted by Crippen LogP contribution is 2.20. The van der Waals surface area contributed by atoms with Gasteiger partial charge in [-0.05, 0) is 54.9 Å². The lowest BCUT2D eigenvalue weighted by atomic mass is 10.1. The Bertz CT molecular complexity index is 937. The fourth-order valence-corrected chi connectivity index (χ4v) is 2.99. The molecule has 0 aliphatic carbocycles. The molecule has 0 spiro atoms. The number of nitrogens with zero attached hydrogens (tertiary/aromatic N) is 1. The van der Waals surface area contributed by atoms with Crippen LogP contribution in [0.25, 0.3) is 10.8 Å². The van der Waals surface area contributed by atoms with Crippen LogP contribution in [-0.2, 0) is 17.9 Å². The van der Waals surface area contributed by atoms with E-state index in [1.807, 2.05) is 48.5 Å². The van der Waals surface area contributed by atoms with Crippen LogP contribution in [0.5, 0.6) is 5.75 Å². The Balaban J connectivity index is 1.54. The quantitative estimate of drug-likeness (QED) is 0.634. The molecule has 3 rings (SSSR count). The molecule has 0 bridgehead atoms. The monoisotopic (exact) mass is 376 g/mol. The Labute approximate surface area is 167 Å². The van der Waals surface area contributed by atoms with Gasteiger partial charge >= 0.3 is 0 Å². The van der Waals surface area contributed by atoms with Crippen LogP contribution in [0.3, 0.4) is 0 Å². The number of benzene rings is 3. The molecular formula is C24H28N2O2. The number of fused-ring (bicyclic) bond motifs is 1. The van der Waals surface area contributed by atoms with Crippen LogP contribution >= 0.6 is 0 Å². The summed E-state index contributed by atoms with van der Waals surface area (Å²) in [7, 11) is 2.11. The van der Waals surface area contributed by atoms with E-state index >= 15 is 0 Å². The normalized spacial score (nSPS) is 11.2. The molecule has 0 aliphatic heterocycles. The first kappa shape index (κ1) is 19.9. The first-order valence-corrected chi connectivity index (χ1v) is 9.68. The molecule has 146 valence electrons. The standard InChI is InChI=1S/C24H28N2O2/c1-18(2)26(3)16-22-11-7-6-10-21(22)15-25-24(27)17-28-23-13-12-19-8-4-5-9-20(19)14-23/h4-14,18H,15-17H2,1-3H3,(H,25,27). The number of hydrogen-bond donors (Lipinski definition) is 1. The molecule has 1 amide bonds. The van der Waals surface area contributed by atoms with Crippen molar-refractivity contribution in [2.24, 2.45) is 0 Å². The minimum absolute atomic E-state index is 0.00635. The molecule has 1 N–H and O–H groups in total. The third-order valence-corrected chi connectivity index (χ3v) is 4.99. The molecule has 0 radical (unpaired) electrons. The molecule has 28 heavy (non-hydrogen) atoms. The highest BCUT2D eigenvalue weighted by Gasteiger charge is 2.09. The molecule has 0 heterocycles. The Morgan fingerprint density at radius 3 is 2.39 bits per heavy atom. The average Bonchev–Trinajstić information content (AvgIpc) is 2.71. The fraction of sp³-hybridized carbons (Fsp3) is 0.292. The number of carbonyl (C=O) groups is 1. The summed E-state index contributed by atoms with van der Waals surface area (Å²) in [4.78, 5) is 14.5. The van der Waals surface area contributed by atoms with Gasteiger partial charge in [-0.25, -0.2) is 0 Å². The van der Waals surface area contributed by atoms with Gasteiger partial charge in [-0.3, -0.25) is 9.69 Å². The van der Waals surface area contributed by atoms with Crippen LogP contribution in [0.4, 0.5) is 0 Å². The van der Waals surface area contributed by atoms with E-state index in [0.717, 1.165) is 22.9 Å². The summed E-state index contributed by atoms with van der Waals surface area (Å²) in [5, 5.41) is 5.22. The molecule has 4 heteroatoms. The molecule has 0 saturated carbocycles. The van der Waals surface area contributed by atoms with Crippen molar-refractivity contribution in [3.8, 4) is 5.75 Å². The molecule has 0 aliphatic rings. The number of nitrogens with one attached hydrogen (secondary N) is 1. The van der Waals surface area contributed by atoms with Crippen LogP contribution in [0.2, 0.25) is 0 Å². The highest BCUT2D eigenvalue weighted by atomic mass is 16.5. The van der Waals surface area contributed by atoms with Crippen LogP contribution in [0.1, 0.15) is 25.0 Å². The largest absolute Gasteiger partial charge is 0.484 e. The van der Waals surface area contributed by atoms with Crippen molar-refractivity contribution in [2.75, 3.05) is 13.7 Å². The van der Waals surface area contributed by atoms with Crippen LogP contribution in [-0.4, -0.2) is 30.5 Å². The number of hydrogen-bond acceptors (Lipinski definition) is 3. The lowest BCUT2D eigenvalue weighted by molar-refractivity contribution is -0.123. The van der Waals surface area contributed by atoms with E-state index < -0.39 is 0 Å². The first-order chi connectivity index (χ1) is 13.5. The second-order valence-corrected chi connectivity index (χ2v) is 7.35. The van der Waals surface area contributed by atoms with Crippen molar-refractivity contribution in [3.63, 3.8) is 0 Å². The summed E-state index contributed by atoms with van der Waals surface area (Å²) in [6, 6.07) is 22.6. The van der Waals surface area contributed by atoms with Crippen LogP contribution < -0.4 is 10.1 Å². The Morgan fingerprint density at radius 1 is 0.964 bits per heavy atom. The predicted octanol–water partition coefficient (Wildman–Crippen LogP) is 4.38. The van der Waals surface area contributed by atoms with E-state index in [1.165, 1.54) is 5.56 Å². The van der Waals surface area contributed by atoms with E-state index in [1.54, 1.807) is 0 Å². The van der Waals surface area contributed by atoms with Gasteiger partial charge in [0.25, 0.3) is 5.91 Å². The van der Waals surface area contributed by atoms with Crippen LogP contribution in [0.15, 0.2) is 66.7 Å². The maximum absolute atomic E-state index is 12.2. The summed E-state index contributed by atoms with van der Waals surface area (Å²) in [5.41, 5.74) is 2.36. The summed E-state index contributed by atoms with van der Waals surface area (Å²) in [6.45, 7) is 5.72. The third-order valence-electron chi connectivity index (χ3n) is 4.99. The van der Waals surface area contributed by atoms with Crippen molar-refractivity contribution in [2.45, 2.75) is 33.0 Å². The van der Waals surface area contributed by atoms with Crippen LogP contribution in [0, 0.1) is 0 Å². The smallest absolute Gasteiger partial charge is 0.258 e. The Kier molecular flexibility index (Phi) is 6.66. The molecule has 0 atom stereocenters. The second-order valence-electron chi connectivity index (χ2n) is 7.35. The van der Waals surface area contributed by atoms with Gasteiger partial charge in [-0.1, -0.05) is 54.6 Å². The van der Waals surface area contributed by atoms with E-state index in [9.17, 15) is 4.79 Å². The topological polar surface area (TPSA) is 41.6 Å². The number of ether oxygens (including phenoxy) is 1. The Morgan fingerprint density at radius 2 is 1.64 bits per heavy atom. The lowest BCUT2D eigenvalue weighted by Gasteiger charge is -2.22. The summed E-state index contributed by atoms with van der Waals surface area (Å²) in [6.07, 6.45) is 0. The van der Waals surface area contributed by atoms with Gasteiger partial charge in [-0.15, -0.1) is 0 Å². The van der Waals surface area contributed by atoms with Gasteiger partial charge in [0.05, 0.1) is 0 Å². The van der Waals surface area contributed by atoms with Gasteiger partial charge < -0.3 is 10.1 Å². The minimum atomic E-state index is -0.125. The van der Waals surface area contributed by atoms with Gasteiger partial charge in [0, 0.05) is 19.1 Å². The van der Waals surface area contributed by atoms with E-state index in [0.29, 0.717) is 18.3 Å². The molecule has 0 unspecified atom stereocenters. The number of amides is 1. The van der Waals surface area contributed by atoms with Gasteiger partial charge in [0.1, 0.15) is 5.75 Å². The Hall–Kier alpha value is -2.85. The zero-order valence-electron chi connectivity index (χ0n) is 16.8. The molecular weight excluding hydrogens is 348 g/mol. The van der Waals surface area contributed by atoms with E-state index in [2.05, 4.69) is 49.3 Å². The fourth-order valence-electron chi connectivity index (χ4n) is 2.99. The summed E-state index contributed by atoms with van der Waals surface area (Å²) in [5.74, 6) is 0.577. The van der Waals surface area contributed by atoms with Gasteiger partial charge in [0.15, 0.2) is 6.61 Å². The van der Waals surface area contributed by atoms with Crippen molar-refractivity contribution in [3.05, 3.63) is 77.9 Å². The molecule has 0 saturated heterocycles. The zero-order chi connectivity index (χ0) is 19.9. The van der Waals surface area contributed by atoms with E-state index in [-0.39, 0.29) is 12.5 Å². The zero-order valence-corrected chi connectivity index (χ0v) is 16.8. The highest BCUT2D eigenvalue weighted by molar-refractivity contribution is 5.84. The number of carbonyl (C=O) groups excluding carboxylic acids is 1. The predicted molar refractivity (Wildman–Crippen MR) is 114 cm³/mol.